The minimum absolute atomic E-state index is 0.0577. The zero-order valence-corrected chi connectivity index (χ0v) is 21.6. The van der Waals surface area contributed by atoms with E-state index in [1.807, 2.05) is 53.4 Å². The van der Waals surface area contributed by atoms with Gasteiger partial charge in [0, 0.05) is 50.2 Å². The van der Waals surface area contributed by atoms with E-state index >= 15 is 0 Å². The second-order valence-corrected chi connectivity index (χ2v) is 9.74. The molecule has 1 amide bonds. The van der Waals surface area contributed by atoms with E-state index in [4.69, 9.17) is 9.47 Å². The number of carbonyl (C=O) groups excluding carboxylic acids is 1. The standard InChI is InChI=1S/C26H33N5O3S/c1-19(17-33-3)31-24(22-6-5-7-23(16-22)34-4)27-28-26(31)35-18-20-8-10-21(11-9-20)25(32)30-14-12-29(2)13-15-30/h5-11,16,19H,12-15,17-18H2,1-4H3/t19-/m1/s1. The first-order valence-corrected chi connectivity index (χ1v) is 12.8. The average Bonchev–Trinajstić information content (AvgIpc) is 3.32. The van der Waals surface area contributed by atoms with Crippen LogP contribution in [-0.4, -0.2) is 84.5 Å². The highest BCUT2D eigenvalue weighted by molar-refractivity contribution is 7.98. The third kappa shape index (κ3) is 6.04. The van der Waals surface area contributed by atoms with Crippen LogP contribution in [0, 0.1) is 0 Å². The van der Waals surface area contributed by atoms with Crippen molar-refractivity contribution in [1.82, 2.24) is 24.6 Å². The molecule has 1 aliphatic heterocycles. The zero-order valence-electron chi connectivity index (χ0n) is 20.8. The van der Waals surface area contributed by atoms with Crippen LogP contribution in [-0.2, 0) is 10.5 Å². The van der Waals surface area contributed by atoms with E-state index in [0.717, 1.165) is 65.4 Å². The van der Waals surface area contributed by atoms with Gasteiger partial charge in [0.15, 0.2) is 11.0 Å². The number of likely N-dealkylation sites (N-methyl/N-ethyl adjacent to an activating group) is 1. The van der Waals surface area contributed by atoms with Gasteiger partial charge in [-0.05, 0) is 43.8 Å². The molecular weight excluding hydrogens is 462 g/mol. The molecule has 1 atom stereocenters. The van der Waals surface area contributed by atoms with Crippen LogP contribution in [0.3, 0.4) is 0 Å². The number of hydrogen-bond acceptors (Lipinski definition) is 7. The Hall–Kier alpha value is -2.88. The number of thioether (sulfide) groups is 1. The summed E-state index contributed by atoms with van der Waals surface area (Å²) in [5.41, 5.74) is 2.81. The molecule has 0 spiro atoms. The van der Waals surface area contributed by atoms with Crippen LogP contribution in [0.25, 0.3) is 11.4 Å². The summed E-state index contributed by atoms with van der Waals surface area (Å²) in [4.78, 5) is 17.0. The predicted molar refractivity (Wildman–Crippen MR) is 138 cm³/mol. The molecule has 0 saturated carbocycles. The van der Waals surface area contributed by atoms with Crippen LogP contribution in [0.4, 0.5) is 0 Å². The molecule has 0 aliphatic carbocycles. The fourth-order valence-electron chi connectivity index (χ4n) is 4.13. The molecule has 0 radical (unpaired) electrons. The van der Waals surface area contributed by atoms with E-state index < -0.39 is 0 Å². The third-order valence-electron chi connectivity index (χ3n) is 6.20. The Labute approximate surface area is 211 Å². The van der Waals surface area contributed by atoms with Crippen LogP contribution in [0.15, 0.2) is 53.7 Å². The van der Waals surface area contributed by atoms with Gasteiger partial charge < -0.3 is 19.3 Å². The smallest absolute Gasteiger partial charge is 0.253 e. The molecule has 2 heterocycles. The van der Waals surface area contributed by atoms with E-state index in [1.54, 1.807) is 26.0 Å². The molecule has 186 valence electrons. The van der Waals surface area contributed by atoms with Gasteiger partial charge >= 0.3 is 0 Å². The third-order valence-corrected chi connectivity index (χ3v) is 7.21. The fourth-order valence-corrected chi connectivity index (χ4v) is 5.12. The minimum Gasteiger partial charge on any atom is -0.497 e. The Morgan fingerprint density at radius 3 is 2.49 bits per heavy atom. The lowest BCUT2D eigenvalue weighted by Crippen LogP contribution is -2.47. The highest BCUT2D eigenvalue weighted by Crippen LogP contribution is 2.31. The van der Waals surface area contributed by atoms with Gasteiger partial charge in [0.05, 0.1) is 19.8 Å². The van der Waals surface area contributed by atoms with Gasteiger partial charge in [-0.3, -0.25) is 9.36 Å². The van der Waals surface area contributed by atoms with Crippen LogP contribution < -0.4 is 4.74 Å². The van der Waals surface area contributed by atoms with Crippen molar-refractivity contribution in [2.24, 2.45) is 0 Å². The van der Waals surface area contributed by atoms with Crippen molar-refractivity contribution in [1.29, 1.82) is 0 Å². The highest BCUT2D eigenvalue weighted by Gasteiger charge is 2.21. The van der Waals surface area contributed by atoms with Gasteiger partial charge in [0.1, 0.15) is 5.75 Å². The van der Waals surface area contributed by atoms with Gasteiger partial charge in [0.2, 0.25) is 0 Å². The van der Waals surface area contributed by atoms with Crippen molar-refractivity contribution >= 4 is 17.7 Å². The first-order valence-electron chi connectivity index (χ1n) is 11.8. The molecule has 0 N–H and O–H groups in total. The molecule has 35 heavy (non-hydrogen) atoms. The number of benzene rings is 2. The van der Waals surface area contributed by atoms with Gasteiger partial charge in [0.25, 0.3) is 5.91 Å². The fraction of sp³-hybridized carbons (Fsp3) is 0.423. The maximum atomic E-state index is 12.8. The summed E-state index contributed by atoms with van der Waals surface area (Å²) in [6, 6.07) is 15.8. The molecule has 0 unspecified atom stereocenters. The van der Waals surface area contributed by atoms with Gasteiger partial charge in [-0.1, -0.05) is 36.0 Å². The highest BCUT2D eigenvalue weighted by atomic mass is 32.2. The molecular formula is C26H33N5O3S. The molecule has 9 heteroatoms. The first kappa shape index (κ1) is 25.2. The molecule has 4 rings (SSSR count). The number of rotatable bonds is 9. The second-order valence-electron chi connectivity index (χ2n) is 8.79. The number of aromatic nitrogens is 3. The first-order chi connectivity index (χ1) is 17.0. The van der Waals surface area contributed by atoms with Crippen molar-refractivity contribution in [3.63, 3.8) is 0 Å². The summed E-state index contributed by atoms with van der Waals surface area (Å²) in [5, 5.41) is 9.82. The normalized spacial score (nSPS) is 15.3. The Bertz CT molecular complexity index is 1130. The topological polar surface area (TPSA) is 72.7 Å². The monoisotopic (exact) mass is 495 g/mol. The average molecular weight is 496 g/mol. The number of amides is 1. The molecule has 2 aromatic carbocycles. The molecule has 8 nitrogen and oxygen atoms in total. The summed E-state index contributed by atoms with van der Waals surface area (Å²) in [6.07, 6.45) is 0. The van der Waals surface area contributed by atoms with Crippen molar-refractivity contribution < 1.29 is 14.3 Å². The van der Waals surface area contributed by atoms with Gasteiger partial charge in [-0.25, -0.2) is 0 Å². The summed E-state index contributed by atoms with van der Waals surface area (Å²) < 4.78 is 12.9. The van der Waals surface area contributed by atoms with E-state index in [2.05, 4.69) is 33.6 Å². The van der Waals surface area contributed by atoms with Crippen molar-refractivity contribution in [2.75, 3.05) is 54.1 Å². The molecule has 0 bridgehead atoms. The summed E-state index contributed by atoms with van der Waals surface area (Å²) in [5.74, 6) is 2.38. The number of carbonyl (C=O) groups is 1. The van der Waals surface area contributed by atoms with E-state index in [-0.39, 0.29) is 11.9 Å². The maximum Gasteiger partial charge on any atom is 0.253 e. The van der Waals surface area contributed by atoms with Crippen molar-refractivity contribution in [3.8, 4) is 17.1 Å². The summed E-state index contributed by atoms with van der Waals surface area (Å²) >= 11 is 1.62. The molecule has 1 fully saturated rings. The largest absolute Gasteiger partial charge is 0.497 e. The predicted octanol–water partition coefficient (Wildman–Crippen LogP) is 3.84. The minimum atomic E-state index is 0.0577. The Kier molecular flexibility index (Phi) is 8.43. The van der Waals surface area contributed by atoms with E-state index in [9.17, 15) is 4.79 Å². The maximum absolute atomic E-state index is 12.8. The lowest BCUT2D eigenvalue weighted by molar-refractivity contribution is 0.0664. The molecule has 1 aliphatic rings. The van der Waals surface area contributed by atoms with Crippen LogP contribution in [0.1, 0.15) is 28.9 Å². The number of hydrogen-bond donors (Lipinski definition) is 0. The quantitative estimate of drug-likeness (QED) is 0.418. The van der Waals surface area contributed by atoms with Gasteiger partial charge in [-0.15, -0.1) is 10.2 Å². The number of methoxy groups -OCH3 is 2. The number of piperazine rings is 1. The molecule has 1 saturated heterocycles. The van der Waals surface area contributed by atoms with Crippen molar-refractivity contribution in [2.45, 2.75) is 23.9 Å². The van der Waals surface area contributed by atoms with E-state index in [0.29, 0.717) is 6.61 Å². The zero-order chi connectivity index (χ0) is 24.8. The van der Waals surface area contributed by atoms with E-state index in [1.165, 1.54) is 0 Å². The lowest BCUT2D eigenvalue weighted by Gasteiger charge is -2.32. The Morgan fingerprint density at radius 1 is 1.06 bits per heavy atom. The number of nitrogens with zero attached hydrogens (tertiary/aromatic N) is 5. The van der Waals surface area contributed by atoms with Gasteiger partial charge in [-0.2, -0.15) is 0 Å². The Morgan fingerprint density at radius 2 is 1.80 bits per heavy atom. The number of ether oxygens (including phenoxy) is 2. The molecule has 3 aromatic rings. The lowest BCUT2D eigenvalue weighted by atomic mass is 10.1. The summed E-state index contributed by atoms with van der Waals surface area (Å²) in [6.45, 7) is 6.03. The summed E-state index contributed by atoms with van der Waals surface area (Å²) in [7, 11) is 5.44. The second kappa shape index (κ2) is 11.7. The van der Waals surface area contributed by atoms with Crippen molar-refractivity contribution in [3.05, 3.63) is 59.7 Å². The van der Waals surface area contributed by atoms with Crippen LogP contribution in [0.5, 0.6) is 5.75 Å². The SMILES string of the molecule is COC[C@@H](C)n1c(SCc2ccc(C(=O)N3CCN(C)CC3)cc2)nnc1-c1cccc(OC)c1. The van der Waals surface area contributed by atoms with Crippen LogP contribution in [0.2, 0.25) is 0 Å². The molecule has 1 aromatic heterocycles. The Balaban J connectivity index is 1.48. The van der Waals surface area contributed by atoms with Crippen LogP contribution >= 0.6 is 11.8 Å².